The molecule has 0 aliphatic rings. The number of rotatable bonds is 6. The summed E-state index contributed by atoms with van der Waals surface area (Å²) in [5.41, 5.74) is 0. The van der Waals surface area contributed by atoms with Gasteiger partial charge in [0.15, 0.2) is 0 Å². The predicted molar refractivity (Wildman–Crippen MR) is 68.5 cm³/mol. The molecule has 17 heavy (non-hydrogen) atoms. The fraction of sp³-hybridized carbons (Fsp3) is 0.500. The quantitative estimate of drug-likeness (QED) is 0.808. The van der Waals surface area contributed by atoms with Crippen LogP contribution in [0.3, 0.4) is 0 Å². The van der Waals surface area contributed by atoms with Crippen LogP contribution in [0.2, 0.25) is 0 Å². The van der Waals surface area contributed by atoms with Gasteiger partial charge < -0.3 is 5.32 Å². The van der Waals surface area contributed by atoms with Crippen LogP contribution in [0.4, 0.5) is 0 Å². The molecule has 0 spiro atoms. The lowest BCUT2D eigenvalue weighted by molar-refractivity contribution is -0.121. The molecule has 92 valence electrons. The molecule has 0 aliphatic carbocycles. The van der Waals surface area contributed by atoms with Crippen molar-refractivity contribution in [3.8, 4) is 6.07 Å². The van der Waals surface area contributed by atoms with Crippen molar-refractivity contribution in [1.82, 2.24) is 10.6 Å². The smallest absolute Gasteiger partial charge is 0.222 e. The van der Waals surface area contributed by atoms with Gasteiger partial charge in [0, 0.05) is 17.5 Å². The third-order valence-electron chi connectivity index (χ3n) is 2.10. The molecule has 1 unspecified atom stereocenters. The highest BCUT2D eigenvalue weighted by Crippen LogP contribution is 2.08. The maximum atomic E-state index is 11.5. The van der Waals surface area contributed by atoms with E-state index in [9.17, 15) is 4.79 Å². The van der Waals surface area contributed by atoms with E-state index in [-0.39, 0.29) is 18.4 Å². The Morgan fingerprint density at radius 3 is 2.88 bits per heavy atom. The van der Waals surface area contributed by atoms with Crippen molar-refractivity contribution in [2.45, 2.75) is 38.9 Å². The van der Waals surface area contributed by atoms with Crippen LogP contribution in [-0.2, 0) is 11.3 Å². The molecule has 0 aliphatic heterocycles. The van der Waals surface area contributed by atoms with Gasteiger partial charge in [-0.05, 0) is 25.3 Å². The van der Waals surface area contributed by atoms with E-state index in [1.54, 1.807) is 11.3 Å². The molecule has 2 N–H and O–H groups in total. The number of nitrogens with zero attached hydrogens (tertiary/aromatic N) is 1. The van der Waals surface area contributed by atoms with E-state index in [1.165, 1.54) is 0 Å². The first-order valence-electron chi connectivity index (χ1n) is 5.56. The van der Waals surface area contributed by atoms with E-state index in [2.05, 4.69) is 16.7 Å². The van der Waals surface area contributed by atoms with Crippen molar-refractivity contribution in [2.24, 2.45) is 0 Å². The van der Waals surface area contributed by atoms with Gasteiger partial charge in [0.25, 0.3) is 0 Å². The summed E-state index contributed by atoms with van der Waals surface area (Å²) in [5.74, 6) is -0.0924. The molecule has 1 rings (SSSR count). The van der Waals surface area contributed by atoms with Crippen LogP contribution in [0.25, 0.3) is 0 Å². The number of thiophene rings is 1. The van der Waals surface area contributed by atoms with Crippen LogP contribution in [0.15, 0.2) is 17.5 Å². The third-order valence-corrected chi connectivity index (χ3v) is 2.97. The summed E-state index contributed by atoms with van der Waals surface area (Å²) in [4.78, 5) is 12.6. The molecule has 0 saturated heterocycles. The minimum Gasteiger partial charge on any atom is -0.354 e. The Balaban J connectivity index is 2.34. The summed E-state index contributed by atoms with van der Waals surface area (Å²) in [5, 5.41) is 16.8. The lowest BCUT2D eigenvalue weighted by atomic mass is 10.2. The Bertz CT molecular complexity index is 381. The lowest BCUT2D eigenvalue weighted by Crippen LogP contribution is -2.37. The Labute approximate surface area is 106 Å². The van der Waals surface area contributed by atoms with Crippen molar-refractivity contribution < 1.29 is 4.79 Å². The molecule has 0 saturated carbocycles. The maximum Gasteiger partial charge on any atom is 0.222 e. The Morgan fingerprint density at radius 2 is 2.35 bits per heavy atom. The van der Waals surface area contributed by atoms with Gasteiger partial charge in [0.2, 0.25) is 5.91 Å². The zero-order valence-electron chi connectivity index (χ0n) is 10.1. The molecular weight excluding hydrogens is 234 g/mol. The second kappa shape index (κ2) is 7.05. The monoisotopic (exact) mass is 251 g/mol. The minimum atomic E-state index is -0.434. The van der Waals surface area contributed by atoms with Gasteiger partial charge in [-0.3, -0.25) is 10.1 Å². The first-order valence-corrected chi connectivity index (χ1v) is 6.44. The van der Waals surface area contributed by atoms with Gasteiger partial charge in [-0.2, -0.15) is 5.26 Å². The molecule has 1 amide bonds. The standard InChI is InChI=1S/C12H17N3OS/c1-9(2)15-12(16)6-10(7-13)14-8-11-4-3-5-17-11/h3-5,9-10,14H,6,8H2,1-2H3,(H,15,16). The molecule has 1 heterocycles. The van der Waals surface area contributed by atoms with Gasteiger partial charge in [-0.1, -0.05) is 6.07 Å². The van der Waals surface area contributed by atoms with E-state index >= 15 is 0 Å². The number of amides is 1. The number of hydrogen-bond acceptors (Lipinski definition) is 4. The third kappa shape index (κ3) is 5.48. The largest absolute Gasteiger partial charge is 0.354 e. The van der Waals surface area contributed by atoms with Gasteiger partial charge in [0.1, 0.15) is 6.04 Å². The summed E-state index contributed by atoms with van der Waals surface area (Å²) in [6.07, 6.45) is 0.194. The zero-order valence-corrected chi connectivity index (χ0v) is 10.9. The number of nitriles is 1. The molecular formula is C12H17N3OS. The van der Waals surface area contributed by atoms with E-state index in [4.69, 9.17) is 5.26 Å². The van der Waals surface area contributed by atoms with Crippen LogP contribution in [0.1, 0.15) is 25.1 Å². The van der Waals surface area contributed by atoms with Crippen LogP contribution in [0.5, 0.6) is 0 Å². The highest BCUT2D eigenvalue weighted by Gasteiger charge is 2.13. The number of nitrogens with one attached hydrogen (secondary N) is 2. The molecule has 0 radical (unpaired) electrons. The Kier molecular flexibility index (Phi) is 5.67. The van der Waals surface area contributed by atoms with Gasteiger partial charge in [0.05, 0.1) is 12.5 Å². The van der Waals surface area contributed by atoms with Crippen LogP contribution >= 0.6 is 11.3 Å². The highest BCUT2D eigenvalue weighted by molar-refractivity contribution is 7.09. The lowest BCUT2D eigenvalue weighted by Gasteiger charge is -2.12. The summed E-state index contributed by atoms with van der Waals surface area (Å²) in [6.45, 7) is 4.43. The number of carbonyl (C=O) groups excluding carboxylic acids is 1. The van der Waals surface area contributed by atoms with E-state index < -0.39 is 6.04 Å². The first-order chi connectivity index (χ1) is 8.11. The van der Waals surface area contributed by atoms with Crippen molar-refractivity contribution >= 4 is 17.2 Å². The average Bonchev–Trinajstić information content (AvgIpc) is 2.75. The van der Waals surface area contributed by atoms with Crippen LogP contribution in [0, 0.1) is 11.3 Å². The number of carbonyl (C=O) groups is 1. The maximum absolute atomic E-state index is 11.5. The number of hydrogen-bond donors (Lipinski definition) is 2. The van der Waals surface area contributed by atoms with Gasteiger partial charge in [-0.15, -0.1) is 11.3 Å². The van der Waals surface area contributed by atoms with Crippen LogP contribution < -0.4 is 10.6 Å². The van der Waals surface area contributed by atoms with E-state index in [0.29, 0.717) is 6.54 Å². The summed E-state index contributed by atoms with van der Waals surface area (Å²) in [7, 11) is 0. The summed E-state index contributed by atoms with van der Waals surface area (Å²) in [6, 6.07) is 5.74. The first kappa shape index (κ1) is 13.7. The SMILES string of the molecule is CC(C)NC(=O)CC(C#N)NCc1cccs1. The molecule has 0 fully saturated rings. The second-order valence-corrected chi connectivity index (χ2v) is 5.10. The van der Waals surface area contributed by atoms with Crippen molar-refractivity contribution in [3.63, 3.8) is 0 Å². The molecule has 1 atom stereocenters. The Hall–Kier alpha value is -1.38. The zero-order chi connectivity index (χ0) is 12.7. The molecule has 1 aromatic heterocycles. The molecule has 0 aromatic carbocycles. The fourth-order valence-corrected chi connectivity index (χ4v) is 2.02. The van der Waals surface area contributed by atoms with E-state index in [0.717, 1.165) is 4.88 Å². The van der Waals surface area contributed by atoms with Crippen LogP contribution in [-0.4, -0.2) is 18.0 Å². The van der Waals surface area contributed by atoms with Crippen molar-refractivity contribution in [2.75, 3.05) is 0 Å². The second-order valence-electron chi connectivity index (χ2n) is 4.07. The predicted octanol–water partition coefficient (Wildman–Crippen LogP) is 1.64. The van der Waals surface area contributed by atoms with Crippen molar-refractivity contribution in [3.05, 3.63) is 22.4 Å². The minimum absolute atomic E-state index is 0.0924. The Morgan fingerprint density at radius 1 is 1.59 bits per heavy atom. The molecule has 4 nitrogen and oxygen atoms in total. The average molecular weight is 251 g/mol. The van der Waals surface area contributed by atoms with Gasteiger partial charge >= 0.3 is 0 Å². The molecule has 0 bridgehead atoms. The van der Waals surface area contributed by atoms with Gasteiger partial charge in [-0.25, -0.2) is 0 Å². The van der Waals surface area contributed by atoms with Crippen molar-refractivity contribution in [1.29, 1.82) is 5.26 Å². The highest BCUT2D eigenvalue weighted by atomic mass is 32.1. The molecule has 5 heteroatoms. The normalized spacial score (nSPS) is 12.1. The summed E-state index contributed by atoms with van der Waals surface area (Å²) >= 11 is 1.63. The van der Waals surface area contributed by atoms with E-state index in [1.807, 2.05) is 31.4 Å². The fourth-order valence-electron chi connectivity index (χ4n) is 1.37. The molecule has 1 aromatic rings. The summed E-state index contributed by atoms with van der Waals surface area (Å²) < 4.78 is 0. The topological polar surface area (TPSA) is 64.9 Å².